The van der Waals surface area contributed by atoms with Crippen molar-refractivity contribution in [2.24, 2.45) is 0 Å². The van der Waals surface area contributed by atoms with E-state index in [0.29, 0.717) is 17.1 Å². The first-order chi connectivity index (χ1) is 12.6. The molecule has 26 heavy (non-hydrogen) atoms. The largest absolute Gasteiger partial charge is 0.323 e. The van der Waals surface area contributed by atoms with Crippen molar-refractivity contribution in [3.63, 3.8) is 0 Å². The molecule has 6 heteroatoms. The van der Waals surface area contributed by atoms with E-state index >= 15 is 0 Å². The van der Waals surface area contributed by atoms with E-state index in [-0.39, 0.29) is 11.6 Å². The molecule has 0 bridgehead atoms. The van der Waals surface area contributed by atoms with Gasteiger partial charge in [0.25, 0.3) is 5.91 Å². The van der Waals surface area contributed by atoms with Crippen LogP contribution in [0.5, 0.6) is 0 Å². The Bertz CT molecular complexity index is 912. The van der Waals surface area contributed by atoms with Gasteiger partial charge in [0.2, 0.25) is 0 Å². The second-order valence-corrected chi connectivity index (χ2v) is 5.49. The number of benzene rings is 3. The van der Waals surface area contributed by atoms with Gasteiger partial charge in [0.15, 0.2) is 0 Å². The normalized spacial score (nSPS) is 10.0. The summed E-state index contributed by atoms with van der Waals surface area (Å²) in [5.74, 6) is -0.881. The number of nitrogens with one attached hydrogen (secondary N) is 3. The Hall–Kier alpha value is -3.67. The molecule has 0 aliphatic carbocycles. The molecule has 5 nitrogen and oxygen atoms in total. The Labute approximate surface area is 149 Å². The van der Waals surface area contributed by atoms with Crippen LogP contribution < -0.4 is 16.0 Å². The minimum atomic E-state index is -0.471. The number of amides is 3. The van der Waals surface area contributed by atoms with Crippen LogP contribution in [0.2, 0.25) is 0 Å². The molecule has 3 aromatic carbocycles. The maximum Gasteiger partial charge on any atom is 0.323 e. The number of halogens is 1. The molecule has 3 N–H and O–H groups in total. The van der Waals surface area contributed by atoms with Crippen LogP contribution in [0, 0.1) is 5.82 Å². The zero-order valence-electron chi connectivity index (χ0n) is 13.7. The molecular formula is C20H16FN3O2. The molecule has 0 aliphatic heterocycles. The van der Waals surface area contributed by atoms with E-state index in [9.17, 15) is 14.0 Å². The number of rotatable bonds is 4. The average molecular weight is 349 g/mol. The average Bonchev–Trinajstić information content (AvgIpc) is 2.64. The molecule has 3 aromatic rings. The molecule has 0 unspecified atom stereocenters. The molecule has 130 valence electrons. The highest BCUT2D eigenvalue weighted by Gasteiger charge is 2.07. The Morgan fingerprint density at radius 1 is 0.654 bits per heavy atom. The fourth-order valence-corrected chi connectivity index (χ4v) is 2.28. The molecule has 3 amide bonds. The minimum absolute atomic E-state index is 0.231. The van der Waals surface area contributed by atoms with Gasteiger partial charge in [0.05, 0.1) is 0 Å². The third-order valence-corrected chi connectivity index (χ3v) is 3.52. The zero-order valence-corrected chi connectivity index (χ0v) is 13.7. The van der Waals surface area contributed by atoms with Crippen LogP contribution in [0.15, 0.2) is 78.9 Å². The van der Waals surface area contributed by atoms with Crippen molar-refractivity contribution in [2.75, 3.05) is 16.0 Å². The second kappa shape index (κ2) is 7.94. The molecule has 0 aliphatic rings. The fourth-order valence-electron chi connectivity index (χ4n) is 2.28. The lowest BCUT2D eigenvalue weighted by molar-refractivity contribution is 0.102. The van der Waals surface area contributed by atoms with Gasteiger partial charge < -0.3 is 16.0 Å². The molecule has 0 radical (unpaired) electrons. The number of anilines is 3. The highest BCUT2D eigenvalue weighted by molar-refractivity contribution is 6.04. The molecule has 0 heterocycles. The van der Waals surface area contributed by atoms with Gasteiger partial charge in [-0.05, 0) is 54.6 Å². The lowest BCUT2D eigenvalue weighted by Crippen LogP contribution is -2.19. The fraction of sp³-hybridized carbons (Fsp3) is 0. The van der Waals surface area contributed by atoms with E-state index in [1.54, 1.807) is 36.4 Å². The van der Waals surface area contributed by atoms with Crippen LogP contribution in [-0.4, -0.2) is 11.9 Å². The van der Waals surface area contributed by atoms with E-state index in [4.69, 9.17) is 0 Å². The van der Waals surface area contributed by atoms with Crippen molar-refractivity contribution in [2.45, 2.75) is 0 Å². The zero-order chi connectivity index (χ0) is 18.4. The van der Waals surface area contributed by atoms with Gasteiger partial charge in [-0.2, -0.15) is 0 Å². The first kappa shape index (κ1) is 17.2. The van der Waals surface area contributed by atoms with E-state index in [1.165, 1.54) is 24.3 Å². The quantitative estimate of drug-likeness (QED) is 0.638. The summed E-state index contributed by atoms with van der Waals surface area (Å²) in [6, 6.07) is 20.8. The number of para-hydroxylation sites is 1. The van der Waals surface area contributed by atoms with Gasteiger partial charge in [-0.15, -0.1) is 0 Å². The van der Waals surface area contributed by atoms with Gasteiger partial charge in [-0.3, -0.25) is 4.79 Å². The maximum absolute atomic E-state index is 13.2. The van der Waals surface area contributed by atoms with Crippen molar-refractivity contribution < 1.29 is 14.0 Å². The van der Waals surface area contributed by atoms with E-state index < -0.39 is 11.7 Å². The summed E-state index contributed by atoms with van der Waals surface area (Å²) >= 11 is 0. The number of carbonyl (C=O) groups excluding carboxylic acids is 2. The second-order valence-electron chi connectivity index (χ2n) is 5.49. The highest BCUT2D eigenvalue weighted by atomic mass is 19.1. The Balaban J connectivity index is 1.58. The minimum Gasteiger partial charge on any atom is -0.322 e. The topological polar surface area (TPSA) is 70.2 Å². The Morgan fingerprint density at radius 2 is 1.23 bits per heavy atom. The van der Waals surface area contributed by atoms with Crippen molar-refractivity contribution in [3.8, 4) is 0 Å². The molecule has 0 saturated heterocycles. The summed E-state index contributed by atoms with van der Waals surface area (Å²) < 4.78 is 13.2. The molecule has 3 rings (SSSR count). The van der Waals surface area contributed by atoms with Gasteiger partial charge in [0.1, 0.15) is 5.82 Å². The van der Waals surface area contributed by atoms with E-state index in [1.807, 2.05) is 18.2 Å². The smallest absolute Gasteiger partial charge is 0.322 e. The molecule has 0 atom stereocenters. The molecule has 0 spiro atoms. The first-order valence-electron chi connectivity index (χ1n) is 7.90. The van der Waals surface area contributed by atoms with Gasteiger partial charge >= 0.3 is 6.03 Å². The van der Waals surface area contributed by atoms with E-state index in [2.05, 4.69) is 16.0 Å². The summed E-state index contributed by atoms with van der Waals surface area (Å²) in [7, 11) is 0. The van der Waals surface area contributed by atoms with Crippen molar-refractivity contribution >= 4 is 29.0 Å². The summed E-state index contributed by atoms with van der Waals surface area (Å²) in [5, 5.41) is 8.08. The number of hydrogen-bond acceptors (Lipinski definition) is 2. The van der Waals surface area contributed by atoms with Gasteiger partial charge in [-0.25, -0.2) is 9.18 Å². The first-order valence-corrected chi connectivity index (χ1v) is 7.90. The summed E-state index contributed by atoms with van der Waals surface area (Å²) in [6.45, 7) is 0. The molecule has 0 aromatic heterocycles. The van der Waals surface area contributed by atoms with Crippen LogP contribution >= 0.6 is 0 Å². The summed E-state index contributed by atoms with van der Waals surface area (Å²) in [6.07, 6.45) is 0. The molecule has 0 fully saturated rings. The Kier molecular flexibility index (Phi) is 5.24. The molecular weight excluding hydrogens is 333 g/mol. The third kappa shape index (κ3) is 4.67. The lowest BCUT2D eigenvalue weighted by atomic mass is 10.2. The standard InChI is InChI=1S/C20H16FN3O2/c21-15-6-4-5-14(13-15)19(25)22-17-9-11-18(12-10-17)24-20(26)23-16-7-2-1-3-8-16/h1-13H,(H,22,25)(H2,23,24,26). The number of urea groups is 1. The number of hydrogen-bond donors (Lipinski definition) is 3. The number of carbonyl (C=O) groups is 2. The SMILES string of the molecule is O=C(Nc1ccccc1)Nc1ccc(NC(=O)c2cccc(F)c2)cc1. The van der Waals surface area contributed by atoms with Crippen molar-refractivity contribution in [1.82, 2.24) is 0 Å². The van der Waals surface area contributed by atoms with Crippen molar-refractivity contribution in [1.29, 1.82) is 0 Å². The third-order valence-electron chi connectivity index (χ3n) is 3.52. The van der Waals surface area contributed by atoms with Gasteiger partial charge in [0, 0.05) is 22.6 Å². The van der Waals surface area contributed by atoms with Crippen LogP contribution in [0.4, 0.5) is 26.2 Å². The van der Waals surface area contributed by atoms with Gasteiger partial charge in [-0.1, -0.05) is 24.3 Å². The van der Waals surface area contributed by atoms with Crippen LogP contribution in [0.3, 0.4) is 0 Å². The maximum atomic E-state index is 13.2. The highest BCUT2D eigenvalue weighted by Crippen LogP contribution is 2.15. The Morgan fingerprint density at radius 3 is 1.85 bits per heavy atom. The van der Waals surface area contributed by atoms with Crippen LogP contribution in [0.25, 0.3) is 0 Å². The molecule has 0 saturated carbocycles. The monoisotopic (exact) mass is 349 g/mol. The van der Waals surface area contributed by atoms with Crippen LogP contribution in [0.1, 0.15) is 10.4 Å². The summed E-state index contributed by atoms with van der Waals surface area (Å²) in [5.41, 5.74) is 2.02. The predicted molar refractivity (Wildman–Crippen MR) is 99.9 cm³/mol. The lowest BCUT2D eigenvalue weighted by Gasteiger charge is -2.09. The van der Waals surface area contributed by atoms with Crippen LogP contribution in [-0.2, 0) is 0 Å². The van der Waals surface area contributed by atoms with Crippen molar-refractivity contribution in [3.05, 3.63) is 90.2 Å². The predicted octanol–water partition coefficient (Wildman–Crippen LogP) is 4.72. The summed E-state index contributed by atoms with van der Waals surface area (Å²) in [4.78, 5) is 24.0. The van der Waals surface area contributed by atoms with E-state index in [0.717, 1.165) is 0 Å².